The van der Waals surface area contributed by atoms with E-state index in [0.29, 0.717) is 31.5 Å². The average Bonchev–Trinajstić information content (AvgIpc) is 2.61. The first kappa shape index (κ1) is 16.8. The van der Waals surface area contributed by atoms with Crippen LogP contribution >= 0.6 is 11.6 Å². The molecule has 1 saturated heterocycles. The fraction of sp³-hybridized carbons (Fsp3) is 0.316. The monoisotopic (exact) mass is 346 g/mol. The summed E-state index contributed by atoms with van der Waals surface area (Å²) in [6.07, 6.45) is 0.781. The van der Waals surface area contributed by atoms with E-state index < -0.39 is 0 Å². The summed E-state index contributed by atoms with van der Waals surface area (Å²) < 4.78 is 13.6. The zero-order chi connectivity index (χ0) is 16.9. The molecule has 0 saturated carbocycles. The lowest BCUT2D eigenvalue weighted by Gasteiger charge is -2.36. The molecule has 24 heavy (non-hydrogen) atoms. The Morgan fingerprint density at radius 1 is 1.00 bits per heavy atom. The number of halogens is 2. The molecule has 2 aromatic carbocycles. The van der Waals surface area contributed by atoms with Crippen LogP contribution < -0.4 is 4.90 Å². The van der Waals surface area contributed by atoms with E-state index in [-0.39, 0.29) is 11.7 Å². The summed E-state index contributed by atoms with van der Waals surface area (Å²) in [6, 6.07) is 14.4. The lowest BCUT2D eigenvalue weighted by molar-refractivity contribution is -0.131. The van der Waals surface area contributed by atoms with Crippen LogP contribution in [0.15, 0.2) is 48.5 Å². The number of hydrogen-bond acceptors (Lipinski definition) is 2. The molecule has 1 aliphatic heterocycles. The van der Waals surface area contributed by atoms with Crippen LogP contribution in [0.25, 0.3) is 0 Å². The molecule has 0 aliphatic carbocycles. The number of para-hydroxylation sites is 1. The van der Waals surface area contributed by atoms with Gasteiger partial charge in [0, 0.05) is 32.6 Å². The Kier molecular flexibility index (Phi) is 5.36. The van der Waals surface area contributed by atoms with Gasteiger partial charge in [-0.15, -0.1) is 0 Å². The summed E-state index contributed by atoms with van der Waals surface area (Å²) in [7, 11) is 0. The fourth-order valence-electron chi connectivity index (χ4n) is 3.01. The number of nitrogens with zero attached hydrogens (tertiary/aromatic N) is 2. The zero-order valence-electron chi connectivity index (χ0n) is 13.4. The first-order valence-corrected chi connectivity index (χ1v) is 8.53. The van der Waals surface area contributed by atoms with Gasteiger partial charge in [0.15, 0.2) is 0 Å². The molecule has 1 aliphatic rings. The van der Waals surface area contributed by atoms with Crippen molar-refractivity contribution in [2.45, 2.75) is 12.8 Å². The van der Waals surface area contributed by atoms with E-state index in [9.17, 15) is 9.18 Å². The van der Waals surface area contributed by atoms with Gasteiger partial charge in [0.2, 0.25) is 5.91 Å². The third kappa shape index (κ3) is 3.88. The average molecular weight is 347 g/mol. The van der Waals surface area contributed by atoms with Crippen molar-refractivity contribution in [3.63, 3.8) is 0 Å². The van der Waals surface area contributed by atoms with Crippen LogP contribution in [0.2, 0.25) is 5.02 Å². The summed E-state index contributed by atoms with van der Waals surface area (Å²) >= 11 is 6.23. The number of rotatable bonds is 4. The third-order valence-corrected chi connectivity index (χ3v) is 4.71. The van der Waals surface area contributed by atoms with Gasteiger partial charge in [-0.05, 0) is 30.2 Å². The van der Waals surface area contributed by atoms with Gasteiger partial charge in [0.05, 0.1) is 10.7 Å². The normalized spacial score (nSPS) is 14.8. The van der Waals surface area contributed by atoms with E-state index >= 15 is 0 Å². The smallest absolute Gasteiger partial charge is 0.223 e. The van der Waals surface area contributed by atoms with Crippen LogP contribution in [0, 0.1) is 5.82 Å². The molecule has 3 rings (SSSR count). The fourth-order valence-corrected chi connectivity index (χ4v) is 3.26. The summed E-state index contributed by atoms with van der Waals surface area (Å²) in [4.78, 5) is 16.4. The topological polar surface area (TPSA) is 23.6 Å². The maximum atomic E-state index is 13.6. The van der Waals surface area contributed by atoms with Crippen molar-refractivity contribution in [1.82, 2.24) is 4.90 Å². The van der Waals surface area contributed by atoms with Gasteiger partial charge in [0.25, 0.3) is 0 Å². The van der Waals surface area contributed by atoms with Crippen molar-refractivity contribution in [3.05, 3.63) is 64.9 Å². The Bertz CT molecular complexity index is 714. The minimum absolute atomic E-state index is 0.0806. The number of hydrogen-bond donors (Lipinski definition) is 0. The Hall–Kier alpha value is -2.07. The maximum absolute atomic E-state index is 13.6. The van der Waals surface area contributed by atoms with Gasteiger partial charge < -0.3 is 9.80 Å². The molecule has 5 heteroatoms. The molecule has 0 spiro atoms. The molecule has 126 valence electrons. The highest BCUT2D eigenvalue weighted by atomic mass is 35.5. The molecule has 3 nitrogen and oxygen atoms in total. The number of carbonyl (C=O) groups is 1. The van der Waals surface area contributed by atoms with Gasteiger partial charge in [-0.1, -0.05) is 41.9 Å². The standard InChI is InChI=1S/C19H20ClFN2O/c20-16-6-2-4-8-18(16)22-11-13-23(14-12-22)19(24)10-9-15-5-1-3-7-17(15)21/h1-8H,9-14H2. The van der Waals surface area contributed by atoms with Crippen LogP contribution in [0.5, 0.6) is 0 Å². The zero-order valence-corrected chi connectivity index (χ0v) is 14.2. The second-order valence-electron chi connectivity index (χ2n) is 5.91. The predicted octanol–water partition coefficient (Wildman–Crippen LogP) is 3.76. The first-order valence-electron chi connectivity index (χ1n) is 8.16. The van der Waals surface area contributed by atoms with Gasteiger partial charge >= 0.3 is 0 Å². The molecule has 1 amide bonds. The van der Waals surface area contributed by atoms with Gasteiger partial charge in [-0.2, -0.15) is 0 Å². The van der Waals surface area contributed by atoms with Crippen molar-refractivity contribution in [1.29, 1.82) is 0 Å². The second kappa shape index (κ2) is 7.67. The molecule has 0 aromatic heterocycles. The number of amides is 1. The van der Waals surface area contributed by atoms with Crippen LogP contribution in [0.4, 0.5) is 10.1 Å². The summed E-state index contributed by atoms with van der Waals surface area (Å²) in [6.45, 7) is 2.85. The van der Waals surface area contributed by atoms with E-state index in [0.717, 1.165) is 23.8 Å². The molecular formula is C19H20ClFN2O. The van der Waals surface area contributed by atoms with Gasteiger partial charge in [-0.25, -0.2) is 4.39 Å². The molecule has 0 atom stereocenters. The van der Waals surface area contributed by atoms with Crippen LogP contribution in [0.3, 0.4) is 0 Å². The molecular weight excluding hydrogens is 327 g/mol. The Morgan fingerprint density at radius 3 is 2.38 bits per heavy atom. The van der Waals surface area contributed by atoms with Crippen molar-refractivity contribution < 1.29 is 9.18 Å². The van der Waals surface area contributed by atoms with E-state index in [4.69, 9.17) is 11.6 Å². The molecule has 0 unspecified atom stereocenters. The number of piperazine rings is 1. The minimum Gasteiger partial charge on any atom is -0.367 e. The van der Waals surface area contributed by atoms with Crippen molar-refractivity contribution >= 4 is 23.2 Å². The molecule has 1 heterocycles. The lowest BCUT2D eigenvalue weighted by atomic mass is 10.1. The predicted molar refractivity (Wildman–Crippen MR) is 95.0 cm³/mol. The van der Waals surface area contributed by atoms with Crippen molar-refractivity contribution in [2.24, 2.45) is 0 Å². The Morgan fingerprint density at radius 2 is 1.67 bits per heavy atom. The SMILES string of the molecule is O=C(CCc1ccccc1F)N1CCN(c2ccccc2Cl)CC1. The number of carbonyl (C=O) groups excluding carboxylic acids is 1. The van der Waals surface area contributed by atoms with E-state index in [2.05, 4.69) is 4.90 Å². The molecule has 2 aromatic rings. The summed E-state index contributed by atoms with van der Waals surface area (Å²) in [5.74, 6) is -0.161. The van der Waals surface area contributed by atoms with E-state index in [1.165, 1.54) is 6.07 Å². The molecule has 0 N–H and O–H groups in total. The number of aryl methyl sites for hydroxylation is 1. The van der Waals surface area contributed by atoms with Crippen molar-refractivity contribution in [2.75, 3.05) is 31.1 Å². The Balaban J connectivity index is 1.52. The van der Waals surface area contributed by atoms with Crippen molar-refractivity contribution in [3.8, 4) is 0 Å². The van der Waals surface area contributed by atoms with Gasteiger partial charge in [-0.3, -0.25) is 4.79 Å². The van der Waals surface area contributed by atoms with E-state index in [1.54, 1.807) is 18.2 Å². The lowest BCUT2D eigenvalue weighted by Crippen LogP contribution is -2.49. The second-order valence-corrected chi connectivity index (χ2v) is 6.32. The highest BCUT2D eigenvalue weighted by Gasteiger charge is 2.22. The largest absolute Gasteiger partial charge is 0.367 e. The summed E-state index contributed by atoms with van der Waals surface area (Å²) in [5, 5.41) is 0.733. The Labute approximate surface area is 146 Å². The molecule has 0 radical (unpaired) electrons. The molecule has 1 fully saturated rings. The minimum atomic E-state index is -0.242. The molecule has 0 bridgehead atoms. The number of anilines is 1. The van der Waals surface area contributed by atoms with Crippen LogP contribution in [-0.4, -0.2) is 37.0 Å². The van der Waals surface area contributed by atoms with Gasteiger partial charge in [0.1, 0.15) is 5.82 Å². The van der Waals surface area contributed by atoms with Crippen LogP contribution in [-0.2, 0) is 11.2 Å². The van der Waals surface area contributed by atoms with Crippen LogP contribution in [0.1, 0.15) is 12.0 Å². The quantitative estimate of drug-likeness (QED) is 0.841. The third-order valence-electron chi connectivity index (χ3n) is 4.39. The first-order chi connectivity index (χ1) is 11.6. The number of benzene rings is 2. The van der Waals surface area contributed by atoms with E-state index in [1.807, 2.05) is 29.2 Å². The summed E-state index contributed by atoms with van der Waals surface area (Å²) in [5.41, 5.74) is 1.61. The highest BCUT2D eigenvalue weighted by molar-refractivity contribution is 6.33. The maximum Gasteiger partial charge on any atom is 0.223 e. The highest BCUT2D eigenvalue weighted by Crippen LogP contribution is 2.26.